The van der Waals surface area contributed by atoms with Crippen LogP contribution in [0.2, 0.25) is 0 Å². The Morgan fingerprint density at radius 2 is 1.55 bits per heavy atom. The van der Waals surface area contributed by atoms with Gasteiger partial charge in [0.25, 0.3) is 0 Å². The Hall–Kier alpha value is -2.18. The van der Waals surface area contributed by atoms with Gasteiger partial charge in [0.1, 0.15) is 0 Å². The van der Waals surface area contributed by atoms with E-state index in [1.54, 1.807) is 17.0 Å². The van der Waals surface area contributed by atoms with Crippen molar-refractivity contribution in [2.75, 3.05) is 26.2 Å². The Morgan fingerprint density at radius 3 is 2.17 bits per heavy atom. The minimum Gasteiger partial charge on any atom is -0.341 e. The molecule has 6 heteroatoms. The molecule has 29 heavy (non-hydrogen) atoms. The highest BCUT2D eigenvalue weighted by molar-refractivity contribution is 7.89. The summed E-state index contributed by atoms with van der Waals surface area (Å²) in [6.07, 6.45) is 0.988. The molecule has 0 radical (unpaired) electrons. The van der Waals surface area contributed by atoms with Gasteiger partial charge >= 0.3 is 0 Å². The quantitative estimate of drug-likeness (QED) is 0.770. The van der Waals surface area contributed by atoms with E-state index in [9.17, 15) is 13.2 Å². The van der Waals surface area contributed by atoms with Crippen molar-refractivity contribution in [3.63, 3.8) is 0 Å². The molecule has 1 aliphatic heterocycles. The predicted molar refractivity (Wildman–Crippen MR) is 115 cm³/mol. The van der Waals surface area contributed by atoms with E-state index in [-0.39, 0.29) is 11.3 Å². The number of rotatable bonds is 4. The van der Waals surface area contributed by atoms with Crippen molar-refractivity contribution in [3.05, 3.63) is 65.7 Å². The van der Waals surface area contributed by atoms with Crippen molar-refractivity contribution in [3.8, 4) is 0 Å². The second kappa shape index (κ2) is 8.67. The number of hydrogen-bond donors (Lipinski definition) is 0. The first kappa shape index (κ1) is 21.5. The molecule has 0 unspecified atom stereocenters. The van der Waals surface area contributed by atoms with Crippen LogP contribution in [0.15, 0.2) is 59.5 Å². The van der Waals surface area contributed by atoms with Gasteiger partial charge in [-0.3, -0.25) is 4.79 Å². The summed E-state index contributed by atoms with van der Waals surface area (Å²) in [7, 11) is -3.56. The third-order valence-corrected chi connectivity index (χ3v) is 7.28. The van der Waals surface area contributed by atoms with E-state index in [4.69, 9.17) is 0 Å². The van der Waals surface area contributed by atoms with Gasteiger partial charge in [0, 0.05) is 26.2 Å². The van der Waals surface area contributed by atoms with Crippen LogP contribution in [-0.4, -0.2) is 49.7 Å². The zero-order valence-corrected chi connectivity index (χ0v) is 18.3. The summed E-state index contributed by atoms with van der Waals surface area (Å²) in [5.74, 6) is 0.0463. The second-order valence-electron chi connectivity index (χ2n) is 8.58. The molecule has 5 nitrogen and oxygen atoms in total. The standard InChI is InChI=1S/C23H30N2O3S/c1-23(2,3)20-10-12-21(13-11-20)29(27,28)25-15-7-14-24(16-17-25)22(26)18-19-8-5-4-6-9-19/h4-6,8-13H,7,14-18H2,1-3H3. The maximum Gasteiger partial charge on any atom is 0.243 e. The number of hydrogen-bond acceptors (Lipinski definition) is 3. The van der Waals surface area contributed by atoms with Crippen molar-refractivity contribution in [1.82, 2.24) is 9.21 Å². The lowest BCUT2D eigenvalue weighted by Crippen LogP contribution is -2.38. The number of carbonyl (C=O) groups is 1. The number of benzene rings is 2. The first-order chi connectivity index (χ1) is 13.7. The van der Waals surface area contributed by atoms with E-state index in [2.05, 4.69) is 20.8 Å². The van der Waals surface area contributed by atoms with Crippen LogP contribution >= 0.6 is 0 Å². The number of nitrogens with zero attached hydrogens (tertiary/aromatic N) is 2. The van der Waals surface area contributed by atoms with Crippen molar-refractivity contribution in [1.29, 1.82) is 0 Å². The van der Waals surface area contributed by atoms with Gasteiger partial charge in [0.15, 0.2) is 0 Å². The molecule has 0 atom stereocenters. The molecule has 0 bridgehead atoms. The smallest absolute Gasteiger partial charge is 0.243 e. The van der Waals surface area contributed by atoms with E-state index in [0.717, 1.165) is 11.1 Å². The van der Waals surface area contributed by atoms with Gasteiger partial charge in [0.05, 0.1) is 11.3 Å². The fourth-order valence-electron chi connectivity index (χ4n) is 3.54. The highest BCUT2D eigenvalue weighted by Crippen LogP contribution is 2.25. The minimum absolute atomic E-state index is 0.0233. The largest absolute Gasteiger partial charge is 0.341 e. The molecule has 1 fully saturated rings. The highest BCUT2D eigenvalue weighted by atomic mass is 32.2. The summed E-state index contributed by atoms with van der Waals surface area (Å²) in [4.78, 5) is 14.7. The van der Waals surface area contributed by atoms with Crippen LogP contribution in [0, 0.1) is 0 Å². The molecule has 156 valence electrons. The van der Waals surface area contributed by atoms with Gasteiger partial charge in [-0.25, -0.2) is 8.42 Å². The second-order valence-corrected chi connectivity index (χ2v) is 10.5. The molecule has 2 aromatic carbocycles. The Kier molecular flexibility index (Phi) is 6.44. The topological polar surface area (TPSA) is 57.7 Å². The van der Waals surface area contributed by atoms with Gasteiger partial charge in [0.2, 0.25) is 15.9 Å². The van der Waals surface area contributed by atoms with E-state index in [0.29, 0.717) is 43.9 Å². The molecule has 0 aromatic heterocycles. The molecular weight excluding hydrogens is 384 g/mol. The van der Waals surface area contributed by atoms with E-state index >= 15 is 0 Å². The van der Waals surface area contributed by atoms with Crippen molar-refractivity contribution < 1.29 is 13.2 Å². The van der Waals surface area contributed by atoms with Crippen LogP contribution in [0.5, 0.6) is 0 Å². The third-order valence-electron chi connectivity index (χ3n) is 5.36. The summed E-state index contributed by atoms with van der Waals surface area (Å²) >= 11 is 0. The average Bonchev–Trinajstić information content (AvgIpc) is 2.95. The van der Waals surface area contributed by atoms with Crippen LogP contribution in [0.3, 0.4) is 0 Å². The molecular formula is C23H30N2O3S. The minimum atomic E-state index is -3.56. The molecule has 2 aromatic rings. The average molecular weight is 415 g/mol. The molecule has 1 aliphatic rings. The maximum atomic E-state index is 13.1. The van der Waals surface area contributed by atoms with Crippen LogP contribution in [0.4, 0.5) is 0 Å². The summed E-state index contributed by atoms with van der Waals surface area (Å²) < 4.78 is 27.7. The number of amides is 1. The molecule has 1 heterocycles. The highest BCUT2D eigenvalue weighted by Gasteiger charge is 2.28. The van der Waals surface area contributed by atoms with Crippen LogP contribution in [-0.2, 0) is 26.7 Å². The van der Waals surface area contributed by atoms with Crippen molar-refractivity contribution >= 4 is 15.9 Å². The summed E-state index contributed by atoms with van der Waals surface area (Å²) in [5, 5.41) is 0. The van der Waals surface area contributed by atoms with E-state index in [1.165, 1.54) is 4.31 Å². The zero-order valence-electron chi connectivity index (χ0n) is 17.5. The third kappa shape index (κ3) is 5.25. The Labute approximate surface area is 174 Å². The first-order valence-electron chi connectivity index (χ1n) is 10.1. The molecule has 0 spiro atoms. The van der Waals surface area contributed by atoms with Gasteiger partial charge in [-0.15, -0.1) is 0 Å². The number of carbonyl (C=O) groups excluding carboxylic acids is 1. The molecule has 1 amide bonds. The van der Waals surface area contributed by atoms with Crippen LogP contribution in [0.1, 0.15) is 38.3 Å². The van der Waals surface area contributed by atoms with Gasteiger partial charge in [-0.2, -0.15) is 4.31 Å². The Bertz CT molecular complexity index is 932. The fraction of sp³-hybridized carbons (Fsp3) is 0.435. The van der Waals surface area contributed by atoms with Crippen molar-refractivity contribution in [2.24, 2.45) is 0 Å². The molecule has 0 saturated carbocycles. The molecule has 0 aliphatic carbocycles. The normalized spacial score (nSPS) is 16.4. The molecule has 1 saturated heterocycles. The van der Waals surface area contributed by atoms with Gasteiger partial charge in [-0.05, 0) is 35.1 Å². The van der Waals surface area contributed by atoms with E-state index in [1.807, 2.05) is 42.5 Å². The number of sulfonamides is 1. The van der Waals surface area contributed by atoms with Gasteiger partial charge < -0.3 is 4.90 Å². The van der Waals surface area contributed by atoms with Gasteiger partial charge in [-0.1, -0.05) is 63.2 Å². The Morgan fingerprint density at radius 1 is 0.897 bits per heavy atom. The summed E-state index contributed by atoms with van der Waals surface area (Å²) in [6, 6.07) is 16.8. The lowest BCUT2D eigenvalue weighted by Gasteiger charge is -2.23. The summed E-state index contributed by atoms with van der Waals surface area (Å²) in [6.45, 7) is 8.07. The SMILES string of the molecule is CC(C)(C)c1ccc(S(=O)(=O)N2CCCN(C(=O)Cc3ccccc3)CC2)cc1. The lowest BCUT2D eigenvalue weighted by atomic mass is 9.87. The monoisotopic (exact) mass is 414 g/mol. The van der Waals surface area contributed by atoms with Crippen molar-refractivity contribution in [2.45, 2.75) is 43.9 Å². The predicted octanol–water partition coefficient (Wildman–Crippen LogP) is 3.45. The summed E-state index contributed by atoms with van der Waals surface area (Å²) in [5.41, 5.74) is 2.06. The maximum absolute atomic E-state index is 13.1. The Balaban J connectivity index is 1.67. The first-order valence-corrected chi connectivity index (χ1v) is 11.5. The zero-order chi connectivity index (χ0) is 21.1. The van der Waals surface area contributed by atoms with Crippen LogP contribution in [0.25, 0.3) is 0 Å². The van der Waals surface area contributed by atoms with E-state index < -0.39 is 10.0 Å². The van der Waals surface area contributed by atoms with Crippen LogP contribution < -0.4 is 0 Å². The lowest BCUT2D eigenvalue weighted by molar-refractivity contribution is -0.130. The molecule has 0 N–H and O–H groups in total. The fourth-order valence-corrected chi connectivity index (χ4v) is 5.01. The molecule has 3 rings (SSSR count).